The zero-order chi connectivity index (χ0) is 21.2. The summed E-state index contributed by atoms with van der Waals surface area (Å²) in [6, 6.07) is 9.48. The van der Waals surface area contributed by atoms with E-state index in [9.17, 15) is 22.8 Å². The third kappa shape index (κ3) is 4.18. The Balaban J connectivity index is 2.18. The van der Waals surface area contributed by atoms with Gasteiger partial charge in [0.1, 0.15) is 11.3 Å². The Hall–Kier alpha value is -3.49. The number of alkyl halides is 3. The zero-order valence-electron chi connectivity index (χ0n) is 15.3. The van der Waals surface area contributed by atoms with E-state index >= 15 is 0 Å². The molecule has 29 heavy (non-hydrogen) atoms. The summed E-state index contributed by atoms with van der Waals surface area (Å²) < 4.78 is 61.0. The van der Waals surface area contributed by atoms with Crippen LogP contribution in [0.3, 0.4) is 0 Å². The van der Waals surface area contributed by atoms with Gasteiger partial charge in [-0.05, 0) is 24.3 Å². The van der Waals surface area contributed by atoms with E-state index in [-0.39, 0.29) is 29.1 Å². The van der Waals surface area contributed by atoms with Crippen LogP contribution in [0.15, 0.2) is 51.7 Å². The van der Waals surface area contributed by atoms with E-state index in [0.717, 1.165) is 6.07 Å². The molecule has 152 valence electrons. The molecule has 1 aromatic heterocycles. The minimum atomic E-state index is -5.01. The summed E-state index contributed by atoms with van der Waals surface area (Å²) in [6.45, 7) is 1.56. The van der Waals surface area contributed by atoms with Crippen molar-refractivity contribution in [3.63, 3.8) is 0 Å². The lowest BCUT2D eigenvalue weighted by atomic mass is 10.2. The predicted molar refractivity (Wildman–Crippen MR) is 96.5 cm³/mol. The summed E-state index contributed by atoms with van der Waals surface area (Å²) in [5.74, 6) is -3.20. The molecule has 3 aromatic rings. The van der Waals surface area contributed by atoms with Crippen molar-refractivity contribution in [1.29, 1.82) is 0 Å². The van der Waals surface area contributed by atoms with Crippen LogP contribution in [-0.4, -0.2) is 13.1 Å². The maximum absolute atomic E-state index is 13.6. The van der Waals surface area contributed by atoms with Crippen LogP contribution in [0.5, 0.6) is 23.0 Å². The number of rotatable bonds is 5. The van der Waals surface area contributed by atoms with Gasteiger partial charge in [-0.1, -0.05) is 19.1 Å². The number of esters is 1. The van der Waals surface area contributed by atoms with E-state index in [1.54, 1.807) is 13.0 Å². The lowest BCUT2D eigenvalue weighted by Crippen LogP contribution is -2.16. The van der Waals surface area contributed by atoms with Gasteiger partial charge in [0.15, 0.2) is 11.5 Å². The van der Waals surface area contributed by atoms with Crippen LogP contribution < -0.4 is 19.6 Å². The van der Waals surface area contributed by atoms with E-state index in [1.807, 2.05) is 0 Å². The fourth-order valence-corrected chi connectivity index (χ4v) is 2.52. The third-order valence-corrected chi connectivity index (χ3v) is 3.88. The first-order valence-corrected chi connectivity index (χ1v) is 8.44. The van der Waals surface area contributed by atoms with Gasteiger partial charge in [0.05, 0.1) is 12.5 Å². The molecule has 3 rings (SSSR count). The van der Waals surface area contributed by atoms with Crippen LogP contribution in [0.2, 0.25) is 0 Å². The summed E-state index contributed by atoms with van der Waals surface area (Å²) in [4.78, 5) is 24.2. The SMILES string of the molecule is CCC(=O)Oc1ccc2c(=O)c(Oc3ccccc3OC)c(C(F)(F)F)oc2c1. The molecule has 0 radical (unpaired) electrons. The van der Waals surface area contributed by atoms with Crippen molar-refractivity contribution in [3.8, 4) is 23.0 Å². The molecule has 9 heteroatoms. The molecule has 2 aromatic carbocycles. The smallest absolute Gasteiger partial charge is 0.453 e. The van der Waals surface area contributed by atoms with E-state index in [4.69, 9.17) is 18.6 Å². The first kappa shape index (κ1) is 20.2. The number of ether oxygens (including phenoxy) is 3. The number of hydrogen-bond donors (Lipinski definition) is 0. The number of carbonyl (C=O) groups excluding carboxylic acids is 1. The lowest BCUT2D eigenvalue weighted by Gasteiger charge is -2.15. The number of benzene rings is 2. The highest BCUT2D eigenvalue weighted by molar-refractivity contribution is 5.81. The second kappa shape index (κ2) is 7.86. The zero-order valence-corrected chi connectivity index (χ0v) is 15.3. The first-order valence-electron chi connectivity index (χ1n) is 8.44. The Bertz CT molecular complexity index is 1120. The fourth-order valence-electron chi connectivity index (χ4n) is 2.52. The van der Waals surface area contributed by atoms with Crippen molar-refractivity contribution >= 4 is 16.9 Å². The first-order chi connectivity index (χ1) is 13.7. The molecule has 0 aliphatic carbocycles. The van der Waals surface area contributed by atoms with E-state index < -0.39 is 34.7 Å². The highest BCUT2D eigenvalue weighted by atomic mass is 19.4. The van der Waals surface area contributed by atoms with Gasteiger partial charge in [0.2, 0.25) is 11.2 Å². The van der Waals surface area contributed by atoms with E-state index in [0.29, 0.717) is 0 Å². The van der Waals surface area contributed by atoms with Gasteiger partial charge in [0.25, 0.3) is 5.76 Å². The van der Waals surface area contributed by atoms with Crippen LogP contribution in [0.1, 0.15) is 19.1 Å². The lowest BCUT2D eigenvalue weighted by molar-refractivity contribution is -0.154. The van der Waals surface area contributed by atoms with Crippen LogP contribution in [0, 0.1) is 0 Å². The second-order valence-electron chi connectivity index (χ2n) is 5.83. The molecule has 0 amide bonds. The number of methoxy groups -OCH3 is 1. The highest BCUT2D eigenvalue weighted by Crippen LogP contribution is 2.40. The highest BCUT2D eigenvalue weighted by Gasteiger charge is 2.40. The molecular weight excluding hydrogens is 393 g/mol. The maximum Gasteiger partial charge on any atom is 0.453 e. The average molecular weight is 408 g/mol. The number of fused-ring (bicyclic) bond motifs is 1. The molecule has 6 nitrogen and oxygen atoms in total. The van der Waals surface area contributed by atoms with Crippen LogP contribution >= 0.6 is 0 Å². The number of carbonyl (C=O) groups is 1. The van der Waals surface area contributed by atoms with Crippen molar-refractivity contribution in [2.24, 2.45) is 0 Å². The second-order valence-corrected chi connectivity index (χ2v) is 5.83. The van der Waals surface area contributed by atoms with Crippen molar-refractivity contribution in [1.82, 2.24) is 0 Å². The fraction of sp³-hybridized carbons (Fsp3) is 0.200. The average Bonchev–Trinajstić information content (AvgIpc) is 2.69. The topological polar surface area (TPSA) is 75.0 Å². The van der Waals surface area contributed by atoms with Gasteiger partial charge in [-0.25, -0.2) is 0 Å². The molecule has 0 aliphatic heterocycles. The predicted octanol–water partition coefficient (Wildman–Crippen LogP) is 4.93. The molecule has 0 N–H and O–H groups in total. The van der Waals surface area contributed by atoms with Crippen molar-refractivity contribution in [2.75, 3.05) is 7.11 Å². The van der Waals surface area contributed by atoms with Crippen molar-refractivity contribution in [2.45, 2.75) is 19.5 Å². The van der Waals surface area contributed by atoms with E-state index in [1.165, 1.54) is 37.4 Å². The Morgan fingerprint density at radius 1 is 1.10 bits per heavy atom. The summed E-state index contributed by atoms with van der Waals surface area (Å²) in [5, 5.41) is -0.167. The minimum Gasteiger partial charge on any atom is -0.493 e. The van der Waals surface area contributed by atoms with Gasteiger partial charge >= 0.3 is 12.1 Å². The molecule has 1 heterocycles. The molecule has 0 spiro atoms. The van der Waals surface area contributed by atoms with Crippen LogP contribution in [0.4, 0.5) is 13.2 Å². The molecule has 0 bridgehead atoms. The summed E-state index contributed by atoms with van der Waals surface area (Å²) in [5.41, 5.74) is -1.42. The third-order valence-electron chi connectivity index (χ3n) is 3.88. The van der Waals surface area contributed by atoms with Gasteiger partial charge in [-0.3, -0.25) is 9.59 Å². The molecule has 0 saturated heterocycles. The number of hydrogen-bond acceptors (Lipinski definition) is 6. The van der Waals surface area contributed by atoms with Crippen LogP contribution in [-0.2, 0) is 11.0 Å². The molecule has 0 aliphatic rings. The van der Waals surface area contributed by atoms with Crippen LogP contribution in [0.25, 0.3) is 11.0 Å². The van der Waals surface area contributed by atoms with Crippen molar-refractivity contribution in [3.05, 3.63) is 58.4 Å². The monoisotopic (exact) mass is 408 g/mol. The molecule has 0 fully saturated rings. The number of para-hydroxylation sites is 2. The molecular formula is C20H15F3O6. The largest absolute Gasteiger partial charge is 0.493 e. The van der Waals surface area contributed by atoms with Gasteiger partial charge in [0, 0.05) is 12.5 Å². The van der Waals surface area contributed by atoms with Gasteiger partial charge in [-0.15, -0.1) is 0 Å². The Labute approximate surface area is 162 Å². The Morgan fingerprint density at radius 2 is 1.79 bits per heavy atom. The normalized spacial score (nSPS) is 11.3. The Kier molecular flexibility index (Phi) is 5.49. The summed E-state index contributed by atoms with van der Waals surface area (Å²) >= 11 is 0. The van der Waals surface area contributed by atoms with E-state index in [2.05, 4.69) is 0 Å². The maximum atomic E-state index is 13.6. The molecule has 0 unspecified atom stereocenters. The summed E-state index contributed by atoms with van der Waals surface area (Å²) in [6.07, 6.45) is -4.94. The quantitative estimate of drug-likeness (QED) is 0.440. The van der Waals surface area contributed by atoms with Gasteiger partial charge < -0.3 is 18.6 Å². The van der Waals surface area contributed by atoms with Crippen molar-refractivity contribution < 1.29 is 36.6 Å². The Morgan fingerprint density at radius 3 is 2.41 bits per heavy atom. The minimum absolute atomic E-state index is 0.0426. The van der Waals surface area contributed by atoms with Gasteiger partial charge in [-0.2, -0.15) is 13.2 Å². The molecule has 0 atom stereocenters. The molecule has 0 saturated carbocycles. The number of halogens is 3. The standard InChI is InChI=1S/C20H15F3O6/c1-3-16(24)27-11-8-9-12-15(10-11)29-19(20(21,22)23)18(17(12)25)28-14-7-5-4-6-13(14)26-2/h4-10H,3H2,1-2H3. The summed E-state index contributed by atoms with van der Waals surface area (Å²) in [7, 11) is 1.31.